The van der Waals surface area contributed by atoms with Crippen LogP contribution in [0.25, 0.3) is 0 Å². The molecule has 0 saturated heterocycles. The summed E-state index contributed by atoms with van der Waals surface area (Å²) in [5, 5.41) is 11.7. The standard InChI is InChI=1S/C14H18N4O2S/c1-9-3-4-11(10(2)7-9)20-6-5-13-17-18-14(21-13)16-12(19)8-15/h3-4,7H,5-6,8,15H2,1-2H3,(H,16,18,19). The molecule has 0 spiro atoms. The first-order chi connectivity index (χ1) is 10.1. The summed E-state index contributed by atoms with van der Waals surface area (Å²) >= 11 is 1.33. The van der Waals surface area contributed by atoms with Gasteiger partial charge in [-0.05, 0) is 25.5 Å². The van der Waals surface area contributed by atoms with Crippen molar-refractivity contribution >= 4 is 22.4 Å². The number of amides is 1. The van der Waals surface area contributed by atoms with Gasteiger partial charge in [0.1, 0.15) is 10.8 Å². The lowest BCUT2D eigenvalue weighted by molar-refractivity contribution is -0.114. The van der Waals surface area contributed by atoms with Gasteiger partial charge in [0.05, 0.1) is 13.2 Å². The highest BCUT2D eigenvalue weighted by Gasteiger charge is 2.07. The van der Waals surface area contributed by atoms with Gasteiger partial charge in [-0.15, -0.1) is 10.2 Å². The summed E-state index contributed by atoms with van der Waals surface area (Å²) in [7, 11) is 0. The van der Waals surface area contributed by atoms with Gasteiger partial charge in [0.25, 0.3) is 0 Å². The first-order valence-electron chi connectivity index (χ1n) is 6.61. The second-order valence-corrected chi connectivity index (χ2v) is 5.68. The molecule has 2 aromatic rings. The van der Waals surface area contributed by atoms with E-state index in [-0.39, 0.29) is 12.5 Å². The number of ether oxygens (including phenoxy) is 1. The van der Waals surface area contributed by atoms with E-state index >= 15 is 0 Å². The summed E-state index contributed by atoms with van der Waals surface area (Å²) in [5.74, 6) is 0.603. The molecule has 6 nitrogen and oxygen atoms in total. The zero-order valence-electron chi connectivity index (χ0n) is 12.0. The van der Waals surface area contributed by atoms with Crippen molar-refractivity contribution in [2.75, 3.05) is 18.5 Å². The molecule has 0 saturated carbocycles. The number of nitrogens with two attached hydrogens (primary N) is 1. The van der Waals surface area contributed by atoms with E-state index in [4.69, 9.17) is 10.5 Å². The van der Waals surface area contributed by atoms with E-state index in [1.54, 1.807) is 0 Å². The van der Waals surface area contributed by atoms with E-state index in [0.29, 0.717) is 18.2 Å². The van der Waals surface area contributed by atoms with Crippen LogP contribution in [0.4, 0.5) is 5.13 Å². The van der Waals surface area contributed by atoms with Crippen molar-refractivity contribution in [1.82, 2.24) is 10.2 Å². The van der Waals surface area contributed by atoms with Gasteiger partial charge >= 0.3 is 0 Å². The molecule has 1 aromatic carbocycles. The van der Waals surface area contributed by atoms with Crippen LogP contribution in [0.3, 0.4) is 0 Å². The van der Waals surface area contributed by atoms with Crippen LogP contribution in [-0.4, -0.2) is 29.3 Å². The maximum absolute atomic E-state index is 11.1. The van der Waals surface area contributed by atoms with Gasteiger partial charge in [0.15, 0.2) is 0 Å². The molecule has 0 aliphatic carbocycles. The molecule has 21 heavy (non-hydrogen) atoms. The fraction of sp³-hybridized carbons (Fsp3) is 0.357. The highest BCUT2D eigenvalue weighted by Crippen LogP contribution is 2.20. The molecule has 1 aromatic heterocycles. The van der Waals surface area contributed by atoms with Crippen LogP contribution in [0, 0.1) is 13.8 Å². The molecule has 0 aliphatic rings. The minimum absolute atomic E-state index is 0.0648. The Morgan fingerprint density at radius 1 is 1.38 bits per heavy atom. The van der Waals surface area contributed by atoms with Gasteiger partial charge in [0, 0.05) is 6.42 Å². The van der Waals surface area contributed by atoms with Crippen molar-refractivity contribution in [2.24, 2.45) is 5.73 Å². The lowest BCUT2D eigenvalue weighted by atomic mass is 10.1. The van der Waals surface area contributed by atoms with Crippen LogP contribution in [0.15, 0.2) is 18.2 Å². The van der Waals surface area contributed by atoms with E-state index in [0.717, 1.165) is 16.3 Å². The van der Waals surface area contributed by atoms with Crippen LogP contribution in [0.2, 0.25) is 0 Å². The molecule has 1 heterocycles. The molecule has 112 valence electrons. The van der Waals surface area contributed by atoms with E-state index < -0.39 is 0 Å². The van der Waals surface area contributed by atoms with Crippen molar-refractivity contribution in [3.05, 3.63) is 34.3 Å². The fourth-order valence-electron chi connectivity index (χ4n) is 1.79. The molecular formula is C14H18N4O2S. The summed E-state index contributed by atoms with van der Waals surface area (Å²) in [5.41, 5.74) is 7.55. The molecule has 0 fully saturated rings. The molecule has 3 N–H and O–H groups in total. The van der Waals surface area contributed by atoms with Crippen molar-refractivity contribution in [1.29, 1.82) is 0 Å². The van der Waals surface area contributed by atoms with Gasteiger partial charge in [0.2, 0.25) is 11.0 Å². The maximum Gasteiger partial charge on any atom is 0.239 e. The summed E-state index contributed by atoms with van der Waals surface area (Å²) in [6.07, 6.45) is 0.642. The summed E-state index contributed by atoms with van der Waals surface area (Å²) in [6, 6.07) is 6.08. The van der Waals surface area contributed by atoms with Gasteiger partial charge < -0.3 is 10.5 Å². The van der Waals surface area contributed by atoms with E-state index in [2.05, 4.69) is 28.5 Å². The number of hydrogen-bond donors (Lipinski definition) is 2. The summed E-state index contributed by atoms with van der Waals surface area (Å²) < 4.78 is 5.74. The number of rotatable bonds is 6. The predicted octanol–water partition coefficient (Wildman–Crippen LogP) is 1.67. The van der Waals surface area contributed by atoms with Gasteiger partial charge in [-0.3, -0.25) is 10.1 Å². The average molecular weight is 306 g/mol. The van der Waals surface area contributed by atoms with Gasteiger partial charge in [-0.25, -0.2) is 0 Å². The summed E-state index contributed by atoms with van der Waals surface area (Å²) in [6.45, 7) is 4.52. The zero-order chi connectivity index (χ0) is 15.2. The Balaban J connectivity index is 1.84. The lowest BCUT2D eigenvalue weighted by Crippen LogP contribution is -2.21. The Morgan fingerprint density at radius 3 is 2.90 bits per heavy atom. The van der Waals surface area contributed by atoms with Gasteiger partial charge in [-0.1, -0.05) is 29.0 Å². The molecule has 0 aliphatic heterocycles. The van der Waals surface area contributed by atoms with Crippen LogP contribution < -0.4 is 15.8 Å². The zero-order valence-corrected chi connectivity index (χ0v) is 12.9. The SMILES string of the molecule is Cc1ccc(OCCc2nnc(NC(=O)CN)s2)c(C)c1. The van der Waals surface area contributed by atoms with Crippen molar-refractivity contribution in [3.63, 3.8) is 0 Å². The Morgan fingerprint density at radius 2 is 2.19 bits per heavy atom. The highest BCUT2D eigenvalue weighted by molar-refractivity contribution is 7.15. The smallest absolute Gasteiger partial charge is 0.239 e. The third kappa shape index (κ3) is 4.51. The number of hydrogen-bond acceptors (Lipinski definition) is 6. The maximum atomic E-state index is 11.1. The molecular weight excluding hydrogens is 288 g/mol. The predicted molar refractivity (Wildman–Crippen MR) is 82.7 cm³/mol. The van der Waals surface area contributed by atoms with E-state index in [1.807, 2.05) is 19.1 Å². The summed E-state index contributed by atoms with van der Waals surface area (Å²) in [4.78, 5) is 11.1. The molecule has 0 unspecified atom stereocenters. The average Bonchev–Trinajstić information content (AvgIpc) is 2.88. The monoisotopic (exact) mass is 306 g/mol. The number of nitrogens with one attached hydrogen (secondary N) is 1. The first kappa shape index (κ1) is 15.4. The number of aromatic nitrogens is 2. The van der Waals surface area contributed by atoms with E-state index in [1.165, 1.54) is 16.9 Å². The largest absolute Gasteiger partial charge is 0.493 e. The first-order valence-corrected chi connectivity index (χ1v) is 7.42. The molecule has 0 bridgehead atoms. The van der Waals surface area contributed by atoms with Gasteiger partial charge in [-0.2, -0.15) is 0 Å². The van der Waals surface area contributed by atoms with Crippen molar-refractivity contribution < 1.29 is 9.53 Å². The fourth-order valence-corrected chi connectivity index (χ4v) is 2.52. The third-order valence-corrected chi connectivity index (χ3v) is 3.70. The number of aryl methyl sites for hydroxylation is 2. The topological polar surface area (TPSA) is 90.1 Å². The number of benzene rings is 1. The molecule has 0 radical (unpaired) electrons. The van der Waals surface area contributed by atoms with Crippen LogP contribution in [0.1, 0.15) is 16.1 Å². The lowest BCUT2D eigenvalue weighted by Gasteiger charge is -2.08. The van der Waals surface area contributed by atoms with E-state index in [9.17, 15) is 4.79 Å². The molecule has 7 heteroatoms. The van der Waals surface area contributed by atoms with Crippen LogP contribution in [0.5, 0.6) is 5.75 Å². The normalized spacial score (nSPS) is 10.4. The Kier molecular flexibility index (Phi) is 5.24. The number of anilines is 1. The minimum Gasteiger partial charge on any atom is -0.493 e. The highest BCUT2D eigenvalue weighted by atomic mass is 32.1. The number of carbonyl (C=O) groups excluding carboxylic acids is 1. The van der Waals surface area contributed by atoms with Crippen molar-refractivity contribution in [2.45, 2.75) is 20.3 Å². The number of nitrogens with zero attached hydrogens (tertiary/aromatic N) is 2. The third-order valence-electron chi connectivity index (χ3n) is 2.80. The van der Waals surface area contributed by atoms with Crippen molar-refractivity contribution in [3.8, 4) is 5.75 Å². The molecule has 0 atom stereocenters. The Bertz CT molecular complexity index is 627. The molecule has 1 amide bonds. The second-order valence-electron chi connectivity index (χ2n) is 4.62. The Labute approximate surface area is 127 Å². The number of carbonyl (C=O) groups is 1. The second kappa shape index (κ2) is 7.14. The quantitative estimate of drug-likeness (QED) is 0.847. The minimum atomic E-state index is -0.274. The molecule has 2 rings (SSSR count). The van der Waals surface area contributed by atoms with Crippen LogP contribution in [-0.2, 0) is 11.2 Å². The Hall–Kier alpha value is -1.99. The van der Waals surface area contributed by atoms with Crippen LogP contribution >= 0.6 is 11.3 Å².